The van der Waals surface area contributed by atoms with Gasteiger partial charge >= 0.3 is 0 Å². The molecule has 1 aliphatic carbocycles. The average Bonchev–Trinajstić information content (AvgIpc) is 3.73. The zero-order valence-electron chi connectivity index (χ0n) is 33.2. The Morgan fingerprint density at radius 1 is 0.421 bits per heavy atom. The molecule has 57 heavy (non-hydrogen) atoms. The molecule has 1 heterocycles. The van der Waals surface area contributed by atoms with E-state index >= 15 is 0 Å². The fourth-order valence-electron chi connectivity index (χ4n) is 8.85. The summed E-state index contributed by atoms with van der Waals surface area (Å²) in [4.78, 5) is 2.35. The maximum Gasteiger partial charge on any atom is 0.143 e. The lowest BCUT2D eigenvalue weighted by Gasteiger charge is -2.26. The summed E-state index contributed by atoms with van der Waals surface area (Å²) in [6, 6.07) is 66.2. The average molecular weight is 736 g/mol. The summed E-state index contributed by atoms with van der Waals surface area (Å²) < 4.78 is 6.41. The highest BCUT2D eigenvalue weighted by atomic mass is 16.3. The lowest BCUT2D eigenvalue weighted by Crippen LogP contribution is -2.17. The van der Waals surface area contributed by atoms with Crippen LogP contribution in [0.4, 0.5) is 17.1 Å². The summed E-state index contributed by atoms with van der Waals surface area (Å²) in [6.07, 6.45) is 0. The van der Waals surface area contributed by atoms with Crippen LogP contribution in [0.1, 0.15) is 51.3 Å². The molecular weight excluding hydrogens is 691 g/mol. The highest BCUT2D eigenvalue weighted by molar-refractivity contribution is 6.09. The van der Waals surface area contributed by atoms with Crippen molar-refractivity contribution in [2.75, 3.05) is 4.90 Å². The summed E-state index contributed by atoms with van der Waals surface area (Å²) in [5, 5.41) is 2.28. The third-order valence-corrected chi connectivity index (χ3v) is 12.1. The van der Waals surface area contributed by atoms with Crippen LogP contribution in [0.3, 0.4) is 0 Å². The minimum atomic E-state index is -0.0427. The molecule has 0 amide bonds. The minimum Gasteiger partial charge on any atom is -0.455 e. The number of furan rings is 1. The van der Waals surface area contributed by atoms with Crippen molar-refractivity contribution >= 4 is 39.0 Å². The van der Waals surface area contributed by atoms with Crippen molar-refractivity contribution in [1.29, 1.82) is 0 Å². The van der Waals surface area contributed by atoms with Crippen LogP contribution in [-0.4, -0.2) is 0 Å². The summed E-state index contributed by atoms with van der Waals surface area (Å²) in [7, 11) is 0. The quantitative estimate of drug-likeness (QED) is 0.169. The molecule has 10 rings (SSSR count). The van der Waals surface area contributed by atoms with Crippen molar-refractivity contribution in [2.24, 2.45) is 0 Å². The molecule has 0 saturated heterocycles. The van der Waals surface area contributed by atoms with E-state index < -0.39 is 0 Å². The third-order valence-electron chi connectivity index (χ3n) is 12.1. The standard InChI is InChI=1S/C55H45NO/c1-54(2,3)41-25-32-46-49-34-40(24-33-50(49)55(4,5)51(46)35-41)38-20-28-43(29-21-38)56(42-26-18-37(19-27-42)36-12-7-6-8-13-36)44-30-22-39(23-31-44)45-15-11-16-48-47-14-9-10-17-52(47)57-53(45)48/h6-35H,1-5H3. The predicted molar refractivity (Wildman–Crippen MR) is 241 cm³/mol. The minimum absolute atomic E-state index is 0.0427. The van der Waals surface area contributed by atoms with E-state index in [0.29, 0.717) is 0 Å². The molecular formula is C55H45NO. The van der Waals surface area contributed by atoms with Gasteiger partial charge in [-0.3, -0.25) is 0 Å². The van der Waals surface area contributed by atoms with Crippen LogP contribution < -0.4 is 4.90 Å². The van der Waals surface area contributed by atoms with Crippen LogP contribution in [0.15, 0.2) is 186 Å². The van der Waals surface area contributed by atoms with Gasteiger partial charge in [-0.2, -0.15) is 0 Å². The Balaban J connectivity index is 1.02. The second-order valence-electron chi connectivity index (χ2n) is 17.0. The Morgan fingerprint density at radius 3 is 1.65 bits per heavy atom. The molecule has 9 aromatic rings. The second-order valence-corrected chi connectivity index (χ2v) is 17.0. The molecule has 0 aliphatic heterocycles. The molecule has 2 nitrogen and oxygen atoms in total. The van der Waals surface area contributed by atoms with E-state index in [2.05, 4.69) is 209 Å². The van der Waals surface area contributed by atoms with E-state index in [1.54, 1.807) is 0 Å². The number of hydrogen-bond donors (Lipinski definition) is 0. The van der Waals surface area contributed by atoms with Crippen molar-refractivity contribution in [2.45, 2.75) is 45.4 Å². The third kappa shape index (κ3) is 5.95. The SMILES string of the molecule is CC(C)(C)c1ccc2c(c1)C(C)(C)c1ccc(-c3ccc(N(c4ccc(-c5ccccc5)cc4)c4ccc(-c5cccc6c5oc5ccccc56)cc4)cc3)cc1-2. The van der Waals surface area contributed by atoms with Gasteiger partial charge in [-0.25, -0.2) is 0 Å². The van der Waals surface area contributed by atoms with Gasteiger partial charge in [0, 0.05) is 38.8 Å². The predicted octanol–water partition coefficient (Wildman–Crippen LogP) is 15.7. The number of fused-ring (bicyclic) bond motifs is 6. The van der Waals surface area contributed by atoms with Crippen molar-refractivity contribution in [3.8, 4) is 44.5 Å². The normalized spacial score (nSPS) is 13.1. The monoisotopic (exact) mass is 735 g/mol. The lowest BCUT2D eigenvalue weighted by atomic mass is 9.79. The molecule has 1 aromatic heterocycles. The van der Waals surface area contributed by atoms with Crippen LogP contribution in [0.2, 0.25) is 0 Å². The summed E-state index contributed by atoms with van der Waals surface area (Å²) in [6.45, 7) is 11.6. The first kappa shape index (κ1) is 34.8. The highest BCUT2D eigenvalue weighted by Gasteiger charge is 2.36. The van der Waals surface area contributed by atoms with E-state index in [1.165, 1.54) is 50.1 Å². The van der Waals surface area contributed by atoms with Gasteiger partial charge in [0.25, 0.3) is 0 Å². The molecule has 0 N–H and O–H groups in total. The summed E-state index contributed by atoms with van der Waals surface area (Å²) in [5.74, 6) is 0. The molecule has 8 aromatic carbocycles. The fourth-order valence-corrected chi connectivity index (χ4v) is 8.85. The second kappa shape index (κ2) is 13.2. The number of para-hydroxylation sites is 2. The van der Waals surface area contributed by atoms with Gasteiger partial charge < -0.3 is 9.32 Å². The molecule has 0 spiro atoms. The van der Waals surface area contributed by atoms with Crippen molar-refractivity contribution < 1.29 is 4.42 Å². The van der Waals surface area contributed by atoms with Crippen molar-refractivity contribution in [3.63, 3.8) is 0 Å². The largest absolute Gasteiger partial charge is 0.455 e. The Morgan fingerprint density at radius 2 is 0.982 bits per heavy atom. The zero-order chi connectivity index (χ0) is 38.9. The van der Waals surface area contributed by atoms with Crippen LogP contribution in [-0.2, 0) is 10.8 Å². The van der Waals surface area contributed by atoms with Crippen LogP contribution >= 0.6 is 0 Å². The molecule has 0 atom stereocenters. The van der Waals surface area contributed by atoms with E-state index in [0.717, 1.165) is 50.1 Å². The van der Waals surface area contributed by atoms with Gasteiger partial charge in [0.15, 0.2) is 0 Å². The molecule has 276 valence electrons. The first-order valence-electron chi connectivity index (χ1n) is 20.0. The number of rotatable bonds is 6. The van der Waals surface area contributed by atoms with E-state index in [-0.39, 0.29) is 10.8 Å². The number of hydrogen-bond acceptors (Lipinski definition) is 2. The smallest absolute Gasteiger partial charge is 0.143 e. The van der Waals surface area contributed by atoms with Crippen LogP contribution in [0, 0.1) is 0 Å². The van der Waals surface area contributed by atoms with Gasteiger partial charge in [-0.05, 0) is 110 Å². The van der Waals surface area contributed by atoms with Gasteiger partial charge in [0.05, 0.1) is 0 Å². The molecule has 0 fully saturated rings. The van der Waals surface area contributed by atoms with E-state index in [4.69, 9.17) is 4.42 Å². The molecule has 0 unspecified atom stereocenters. The molecule has 0 bridgehead atoms. The topological polar surface area (TPSA) is 16.4 Å². The molecule has 2 heteroatoms. The van der Waals surface area contributed by atoms with E-state index in [1.807, 2.05) is 12.1 Å². The summed E-state index contributed by atoms with van der Waals surface area (Å²) >= 11 is 0. The van der Waals surface area contributed by atoms with Gasteiger partial charge in [-0.15, -0.1) is 0 Å². The van der Waals surface area contributed by atoms with Crippen LogP contribution in [0.25, 0.3) is 66.4 Å². The van der Waals surface area contributed by atoms with Crippen LogP contribution in [0.5, 0.6) is 0 Å². The highest BCUT2D eigenvalue weighted by Crippen LogP contribution is 2.51. The first-order chi connectivity index (χ1) is 27.6. The maximum atomic E-state index is 6.41. The molecule has 1 aliphatic rings. The number of benzene rings is 8. The van der Waals surface area contributed by atoms with E-state index in [9.17, 15) is 0 Å². The number of anilines is 3. The Labute approximate surface area is 335 Å². The Kier molecular flexibility index (Phi) is 8.09. The number of nitrogens with zero attached hydrogens (tertiary/aromatic N) is 1. The zero-order valence-corrected chi connectivity index (χ0v) is 33.2. The van der Waals surface area contributed by atoms with Gasteiger partial charge in [0.1, 0.15) is 11.2 Å². The fraction of sp³-hybridized carbons (Fsp3) is 0.127. The first-order valence-corrected chi connectivity index (χ1v) is 20.0. The Bertz CT molecular complexity index is 2920. The maximum absolute atomic E-state index is 6.41. The van der Waals surface area contributed by atoms with Crippen molar-refractivity contribution in [1.82, 2.24) is 0 Å². The lowest BCUT2D eigenvalue weighted by molar-refractivity contribution is 0.584. The van der Waals surface area contributed by atoms with Crippen molar-refractivity contribution in [3.05, 3.63) is 199 Å². The molecule has 0 saturated carbocycles. The van der Waals surface area contributed by atoms with Gasteiger partial charge in [-0.1, -0.05) is 168 Å². The molecule has 0 radical (unpaired) electrons. The Hall–Kier alpha value is -6.64. The summed E-state index contributed by atoms with van der Waals surface area (Å²) in [5.41, 5.74) is 19.1. The van der Waals surface area contributed by atoms with Gasteiger partial charge in [0.2, 0.25) is 0 Å².